The first-order valence-corrected chi connectivity index (χ1v) is 13.2. The Kier molecular flexibility index (Phi) is 5.36. The van der Waals surface area contributed by atoms with Crippen LogP contribution in [0.4, 0.5) is 0 Å². The molecule has 1 fully saturated rings. The van der Waals surface area contributed by atoms with Crippen LogP contribution < -0.4 is 0 Å². The average molecular weight is 425 g/mol. The second-order valence-electron chi connectivity index (χ2n) is 7.83. The SMILES string of the molecule is COC(=O)c1cc(Br)c2c(cc(C3CC3)n2COCC[Si](C)(C)C)n1. The Morgan fingerprint density at radius 1 is 1.36 bits per heavy atom. The minimum absolute atomic E-state index is 0.320. The van der Waals surface area contributed by atoms with E-state index in [9.17, 15) is 4.79 Å². The monoisotopic (exact) mass is 424 g/mol. The van der Waals surface area contributed by atoms with Gasteiger partial charge in [0.2, 0.25) is 0 Å². The van der Waals surface area contributed by atoms with Gasteiger partial charge in [-0.15, -0.1) is 0 Å². The Bertz CT molecular complexity index is 794. The van der Waals surface area contributed by atoms with Crippen LogP contribution in [-0.4, -0.2) is 37.3 Å². The number of hydrogen-bond acceptors (Lipinski definition) is 4. The summed E-state index contributed by atoms with van der Waals surface area (Å²) in [5.41, 5.74) is 3.37. The lowest BCUT2D eigenvalue weighted by atomic mass is 10.3. The molecule has 2 aromatic rings. The van der Waals surface area contributed by atoms with Crippen LogP contribution >= 0.6 is 15.9 Å². The molecule has 2 heterocycles. The summed E-state index contributed by atoms with van der Waals surface area (Å²) in [4.78, 5) is 16.3. The number of nitrogens with zero attached hydrogens (tertiary/aromatic N) is 2. The molecule has 0 N–H and O–H groups in total. The van der Waals surface area contributed by atoms with Crippen LogP contribution in [0.3, 0.4) is 0 Å². The maximum atomic E-state index is 11.8. The number of rotatable bonds is 7. The van der Waals surface area contributed by atoms with E-state index in [0.717, 1.165) is 28.2 Å². The van der Waals surface area contributed by atoms with Crippen LogP contribution in [0.2, 0.25) is 25.7 Å². The molecule has 25 heavy (non-hydrogen) atoms. The van der Waals surface area contributed by atoms with Gasteiger partial charge in [0.1, 0.15) is 12.4 Å². The second-order valence-corrected chi connectivity index (χ2v) is 14.3. The number of fused-ring (bicyclic) bond motifs is 1. The Morgan fingerprint density at radius 3 is 2.68 bits per heavy atom. The number of carbonyl (C=O) groups excluding carboxylic acids is 1. The van der Waals surface area contributed by atoms with Gasteiger partial charge in [0.05, 0.1) is 18.1 Å². The number of hydrogen-bond donors (Lipinski definition) is 0. The summed E-state index contributed by atoms with van der Waals surface area (Å²) in [6.07, 6.45) is 2.40. The quantitative estimate of drug-likeness (QED) is 0.364. The highest BCUT2D eigenvalue weighted by Gasteiger charge is 2.29. The van der Waals surface area contributed by atoms with Crippen molar-refractivity contribution >= 4 is 41.0 Å². The molecule has 0 spiro atoms. The van der Waals surface area contributed by atoms with Gasteiger partial charge in [-0.3, -0.25) is 0 Å². The van der Waals surface area contributed by atoms with Gasteiger partial charge < -0.3 is 14.0 Å². The lowest BCUT2D eigenvalue weighted by molar-refractivity contribution is 0.0594. The molecule has 3 rings (SSSR count). The zero-order chi connectivity index (χ0) is 18.2. The molecule has 7 heteroatoms. The van der Waals surface area contributed by atoms with Crippen LogP contribution in [0, 0.1) is 0 Å². The Balaban J connectivity index is 1.90. The first-order valence-electron chi connectivity index (χ1n) is 8.66. The van der Waals surface area contributed by atoms with Gasteiger partial charge in [0, 0.05) is 24.8 Å². The van der Waals surface area contributed by atoms with Gasteiger partial charge >= 0.3 is 5.97 Å². The molecule has 0 radical (unpaired) electrons. The Labute approximate surface area is 157 Å². The molecule has 2 aromatic heterocycles. The number of aromatic nitrogens is 2. The molecule has 0 bridgehead atoms. The first kappa shape index (κ1) is 18.6. The van der Waals surface area contributed by atoms with Crippen molar-refractivity contribution in [1.29, 1.82) is 0 Å². The van der Waals surface area contributed by atoms with E-state index in [-0.39, 0.29) is 0 Å². The molecule has 0 atom stereocenters. The predicted octanol–water partition coefficient (Wildman–Crippen LogP) is 4.78. The molecule has 0 aromatic carbocycles. The molecule has 0 saturated heterocycles. The zero-order valence-electron chi connectivity index (χ0n) is 15.3. The summed E-state index contributed by atoms with van der Waals surface area (Å²) in [6, 6.07) is 4.96. The molecule has 0 unspecified atom stereocenters. The number of ether oxygens (including phenoxy) is 2. The van der Waals surface area contributed by atoms with Gasteiger partial charge in [-0.2, -0.15) is 0 Å². The maximum Gasteiger partial charge on any atom is 0.356 e. The predicted molar refractivity (Wildman–Crippen MR) is 105 cm³/mol. The van der Waals surface area contributed by atoms with Crippen LogP contribution in [0.15, 0.2) is 16.6 Å². The summed E-state index contributed by atoms with van der Waals surface area (Å²) >= 11 is 3.60. The van der Waals surface area contributed by atoms with Crippen molar-refractivity contribution in [3.8, 4) is 0 Å². The van der Waals surface area contributed by atoms with Crippen molar-refractivity contribution in [1.82, 2.24) is 9.55 Å². The van der Waals surface area contributed by atoms with Crippen molar-refractivity contribution in [2.24, 2.45) is 0 Å². The first-order chi connectivity index (χ1) is 11.8. The topological polar surface area (TPSA) is 53.4 Å². The fourth-order valence-corrected chi connectivity index (χ4v) is 4.23. The lowest BCUT2D eigenvalue weighted by Gasteiger charge is -2.17. The molecule has 0 amide bonds. The number of pyridine rings is 1. The van der Waals surface area contributed by atoms with Gasteiger partial charge in [-0.25, -0.2) is 9.78 Å². The third kappa shape index (κ3) is 4.32. The molecular weight excluding hydrogens is 400 g/mol. The fraction of sp³-hybridized carbons (Fsp3) is 0.556. The van der Waals surface area contributed by atoms with E-state index >= 15 is 0 Å². The lowest BCUT2D eigenvalue weighted by Crippen LogP contribution is -2.22. The average Bonchev–Trinajstić information content (AvgIpc) is 3.31. The van der Waals surface area contributed by atoms with Crippen LogP contribution in [0.25, 0.3) is 11.0 Å². The van der Waals surface area contributed by atoms with Crippen LogP contribution in [0.1, 0.15) is 34.9 Å². The van der Waals surface area contributed by atoms with E-state index in [1.54, 1.807) is 6.07 Å². The van der Waals surface area contributed by atoms with Gasteiger partial charge in [-0.1, -0.05) is 19.6 Å². The molecular formula is C18H25BrN2O3Si. The minimum atomic E-state index is -1.10. The molecule has 1 aliphatic rings. The fourth-order valence-electron chi connectivity index (χ4n) is 2.84. The van der Waals surface area contributed by atoms with Crippen molar-refractivity contribution in [3.63, 3.8) is 0 Å². The number of carbonyl (C=O) groups is 1. The summed E-state index contributed by atoms with van der Waals surface area (Å²) in [6.45, 7) is 8.37. The van der Waals surface area contributed by atoms with Crippen molar-refractivity contribution in [2.45, 2.75) is 51.2 Å². The normalized spacial score (nSPS) is 14.9. The van der Waals surface area contributed by atoms with Gasteiger partial charge in [0.25, 0.3) is 0 Å². The number of halogens is 1. The van der Waals surface area contributed by atoms with Crippen LogP contribution in [-0.2, 0) is 16.2 Å². The van der Waals surface area contributed by atoms with Gasteiger partial charge in [0.15, 0.2) is 0 Å². The molecule has 0 aliphatic heterocycles. The molecule has 5 nitrogen and oxygen atoms in total. The summed E-state index contributed by atoms with van der Waals surface area (Å²) in [7, 11) is 0.272. The van der Waals surface area contributed by atoms with E-state index in [4.69, 9.17) is 9.47 Å². The van der Waals surface area contributed by atoms with E-state index in [0.29, 0.717) is 18.3 Å². The standard InChI is InChI=1S/C18H25BrN2O3Si/c1-23-18(22)15-9-13(19)17-14(20-15)10-16(12-5-6-12)21(17)11-24-7-8-25(2,3)4/h9-10,12H,5-8,11H2,1-4H3. The Hall–Kier alpha value is -1.18. The summed E-state index contributed by atoms with van der Waals surface area (Å²) in [5.74, 6) is 0.151. The van der Waals surface area contributed by atoms with Crippen LogP contribution in [0.5, 0.6) is 0 Å². The van der Waals surface area contributed by atoms with Crippen molar-refractivity contribution in [3.05, 3.63) is 28.0 Å². The van der Waals surface area contributed by atoms with E-state index in [2.05, 4.69) is 51.2 Å². The summed E-state index contributed by atoms with van der Waals surface area (Å²) < 4.78 is 13.8. The minimum Gasteiger partial charge on any atom is -0.464 e. The summed E-state index contributed by atoms with van der Waals surface area (Å²) in [5, 5.41) is 0. The molecule has 1 aliphatic carbocycles. The second kappa shape index (κ2) is 7.21. The third-order valence-electron chi connectivity index (χ3n) is 4.45. The highest BCUT2D eigenvalue weighted by atomic mass is 79.9. The highest BCUT2D eigenvalue weighted by molar-refractivity contribution is 9.10. The molecule has 1 saturated carbocycles. The third-order valence-corrected chi connectivity index (χ3v) is 6.75. The maximum absolute atomic E-state index is 11.8. The van der Waals surface area contributed by atoms with Crippen molar-refractivity contribution < 1.29 is 14.3 Å². The van der Waals surface area contributed by atoms with E-state index in [1.807, 2.05) is 0 Å². The smallest absolute Gasteiger partial charge is 0.356 e. The largest absolute Gasteiger partial charge is 0.464 e. The number of methoxy groups -OCH3 is 1. The van der Waals surface area contributed by atoms with Crippen molar-refractivity contribution in [2.75, 3.05) is 13.7 Å². The number of esters is 1. The van der Waals surface area contributed by atoms with E-state index < -0.39 is 14.0 Å². The zero-order valence-corrected chi connectivity index (χ0v) is 17.9. The molecule has 136 valence electrons. The Morgan fingerprint density at radius 2 is 2.08 bits per heavy atom. The van der Waals surface area contributed by atoms with Gasteiger partial charge in [-0.05, 0) is 52.9 Å². The highest BCUT2D eigenvalue weighted by Crippen LogP contribution is 2.43. The van der Waals surface area contributed by atoms with E-state index in [1.165, 1.54) is 25.6 Å².